The van der Waals surface area contributed by atoms with Crippen molar-refractivity contribution in [2.45, 2.75) is 24.3 Å². The summed E-state index contributed by atoms with van der Waals surface area (Å²) in [5.41, 5.74) is 2.21. The van der Waals surface area contributed by atoms with Gasteiger partial charge in [0.2, 0.25) is 0 Å². The lowest BCUT2D eigenvalue weighted by molar-refractivity contribution is 0.354. The Balaban J connectivity index is 1.83. The summed E-state index contributed by atoms with van der Waals surface area (Å²) in [7, 11) is 3.16. The van der Waals surface area contributed by atoms with Crippen LogP contribution in [0.2, 0.25) is 0 Å². The third-order valence-electron chi connectivity index (χ3n) is 4.62. The van der Waals surface area contributed by atoms with Crippen LogP contribution in [0.15, 0.2) is 57.8 Å². The van der Waals surface area contributed by atoms with Gasteiger partial charge < -0.3 is 9.47 Å². The second-order valence-corrected chi connectivity index (χ2v) is 8.35. The van der Waals surface area contributed by atoms with Crippen LogP contribution in [0, 0.1) is 0 Å². The Hall–Kier alpha value is -2.84. The molecule has 0 radical (unpaired) electrons. The maximum absolute atomic E-state index is 13.4. The lowest BCUT2D eigenvalue weighted by Crippen LogP contribution is -2.21. The first kappa shape index (κ1) is 20.4. The first-order valence-electron chi connectivity index (χ1n) is 9.45. The van der Waals surface area contributed by atoms with Gasteiger partial charge in [-0.3, -0.25) is 9.36 Å². The van der Waals surface area contributed by atoms with Crippen molar-refractivity contribution in [1.82, 2.24) is 14.5 Å². The molecule has 4 aromatic rings. The van der Waals surface area contributed by atoms with Gasteiger partial charge in [-0.25, -0.2) is 9.97 Å². The van der Waals surface area contributed by atoms with Crippen molar-refractivity contribution in [2.75, 3.05) is 14.2 Å². The zero-order chi connectivity index (χ0) is 21.1. The number of nitrogens with zero attached hydrogens (tertiary/aromatic N) is 3. The summed E-state index contributed by atoms with van der Waals surface area (Å²) in [6.45, 7) is 2.09. The third kappa shape index (κ3) is 3.93. The molecule has 4 rings (SSSR count). The van der Waals surface area contributed by atoms with E-state index in [1.807, 2.05) is 24.3 Å². The minimum atomic E-state index is -0.122. The quantitative estimate of drug-likeness (QED) is 0.307. The highest BCUT2D eigenvalue weighted by molar-refractivity contribution is 7.98. The van der Waals surface area contributed by atoms with Gasteiger partial charge >= 0.3 is 0 Å². The standard InChI is InChI=1S/C22H21N3O3S2/c1-4-20-23-14(12-29-20)13-30-22-24-17-8-6-5-7-16(17)21(26)25(22)15-9-10-18(27-2)19(11-15)28-3/h5-12H,4,13H2,1-3H3. The molecule has 0 unspecified atom stereocenters. The number of thiazole rings is 1. The van der Waals surface area contributed by atoms with Crippen LogP contribution in [-0.4, -0.2) is 28.8 Å². The average molecular weight is 440 g/mol. The Morgan fingerprint density at radius 2 is 1.87 bits per heavy atom. The molecule has 2 aromatic heterocycles. The lowest BCUT2D eigenvalue weighted by atomic mass is 10.2. The molecule has 0 aliphatic carbocycles. The Morgan fingerprint density at radius 3 is 2.60 bits per heavy atom. The van der Waals surface area contributed by atoms with Crippen molar-refractivity contribution >= 4 is 34.0 Å². The fourth-order valence-corrected chi connectivity index (χ4v) is 4.87. The topological polar surface area (TPSA) is 66.2 Å². The van der Waals surface area contributed by atoms with E-state index in [0.717, 1.165) is 17.1 Å². The summed E-state index contributed by atoms with van der Waals surface area (Å²) in [6.07, 6.45) is 0.917. The van der Waals surface area contributed by atoms with Crippen LogP contribution in [0.5, 0.6) is 11.5 Å². The fraction of sp³-hybridized carbons (Fsp3) is 0.227. The van der Waals surface area contributed by atoms with Gasteiger partial charge in [-0.15, -0.1) is 11.3 Å². The Morgan fingerprint density at radius 1 is 1.07 bits per heavy atom. The minimum absolute atomic E-state index is 0.122. The summed E-state index contributed by atoms with van der Waals surface area (Å²) in [5.74, 6) is 1.79. The van der Waals surface area contributed by atoms with Gasteiger partial charge in [-0.2, -0.15) is 0 Å². The third-order valence-corrected chi connectivity index (χ3v) is 6.64. The molecule has 0 aliphatic heterocycles. The molecule has 0 atom stereocenters. The Bertz CT molecular complexity index is 1250. The number of thioether (sulfide) groups is 1. The normalized spacial score (nSPS) is 11.0. The number of ether oxygens (including phenoxy) is 2. The van der Waals surface area contributed by atoms with E-state index in [9.17, 15) is 4.79 Å². The van der Waals surface area contributed by atoms with Crippen LogP contribution in [-0.2, 0) is 12.2 Å². The minimum Gasteiger partial charge on any atom is -0.493 e. The van der Waals surface area contributed by atoms with Gasteiger partial charge in [0.1, 0.15) is 0 Å². The number of para-hydroxylation sites is 1. The summed E-state index contributed by atoms with van der Waals surface area (Å²) in [6, 6.07) is 12.8. The molecule has 6 nitrogen and oxygen atoms in total. The van der Waals surface area contributed by atoms with Crippen molar-refractivity contribution in [1.29, 1.82) is 0 Å². The predicted molar refractivity (Wildman–Crippen MR) is 121 cm³/mol. The Kier molecular flexibility index (Phi) is 6.06. The van der Waals surface area contributed by atoms with Crippen LogP contribution in [0.3, 0.4) is 0 Å². The molecule has 8 heteroatoms. The summed E-state index contributed by atoms with van der Waals surface area (Å²) in [4.78, 5) is 22.8. The van der Waals surface area contributed by atoms with Gasteiger partial charge in [-0.05, 0) is 30.7 Å². The van der Waals surface area contributed by atoms with Crippen molar-refractivity contribution in [2.24, 2.45) is 0 Å². The van der Waals surface area contributed by atoms with E-state index >= 15 is 0 Å². The number of benzene rings is 2. The molecule has 2 heterocycles. The number of rotatable bonds is 7. The highest BCUT2D eigenvalue weighted by atomic mass is 32.2. The lowest BCUT2D eigenvalue weighted by Gasteiger charge is -2.15. The number of hydrogen-bond donors (Lipinski definition) is 0. The molecule has 0 fully saturated rings. The number of fused-ring (bicyclic) bond motifs is 1. The number of aryl methyl sites for hydroxylation is 1. The van der Waals surface area contributed by atoms with Crippen LogP contribution in [0.4, 0.5) is 0 Å². The van der Waals surface area contributed by atoms with E-state index in [2.05, 4.69) is 17.3 Å². The molecule has 0 aliphatic rings. The summed E-state index contributed by atoms with van der Waals surface area (Å²) < 4.78 is 12.4. The molecular formula is C22H21N3O3S2. The molecule has 2 aromatic carbocycles. The van der Waals surface area contributed by atoms with Gasteiger partial charge in [0.05, 0.1) is 41.5 Å². The van der Waals surface area contributed by atoms with Crippen molar-refractivity contribution in [3.05, 3.63) is 68.9 Å². The van der Waals surface area contributed by atoms with E-state index in [-0.39, 0.29) is 5.56 Å². The molecule has 0 amide bonds. The van der Waals surface area contributed by atoms with Crippen LogP contribution < -0.4 is 15.0 Å². The molecule has 30 heavy (non-hydrogen) atoms. The van der Waals surface area contributed by atoms with Crippen molar-refractivity contribution < 1.29 is 9.47 Å². The van der Waals surface area contributed by atoms with Crippen LogP contribution >= 0.6 is 23.1 Å². The number of hydrogen-bond acceptors (Lipinski definition) is 7. The van der Waals surface area contributed by atoms with E-state index in [1.54, 1.807) is 48.3 Å². The van der Waals surface area contributed by atoms with Gasteiger partial charge in [0.25, 0.3) is 5.56 Å². The Labute approximate surface area is 182 Å². The second-order valence-electron chi connectivity index (χ2n) is 6.47. The molecule has 0 spiro atoms. The van der Waals surface area contributed by atoms with Crippen molar-refractivity contribution in [3.63, 3.8) is 0 Å². The smallest absolute Gasteiger partial charge is 0.266 e. The maximum atomic E-state index is 13.4. The van der Waals surface area contributed by atoms with Gasteiger partial charge in [0.15, 0.2) is 16.7 Å². The van der Waals surface area contributed by atoms with E-state index < -0.39 is 0 Å². The predicted octanol–water partition coefficient (Wildman–Crippen LogP) is 4.71. The zero-order valence-corrected chi connectivity index (χ0v) is 18.5. The average Bonchev–Trinajstić information content (AvgIpc) is 3.25. The first-order chi connectivity index (χ1) is 14.6. The molecule has 0 saturated heterocycles. The van der Waals surface area contributed by atoms with Crippen LogP contribution in [0.1, 0.15) is 17.6 Å². The monoisotopic (exact) mass is 439 g/mol. The second kappa shape index (κ2) is 8.89. The summed E-state index contributed by atoms with van der Waals surface area (Å²) >= 11 is 3.15. The van der Waals surface area contributed by atoms with Crippen molar-refractivity contribution in [3.8, 4) is 17.2 Å². The first-order valence-corrected chi connectivity index (χ1v) is 11.3. The number of methoxy groups -OCH3 is 2. The van der Waals surface area contributed by atoms with Gasteiger partial charge in [-0.1, -0.05) is 30.8 Å². The molecule has 0 saturated carbocycles. The molecule has 0 bridgehead atoms. The SMILES string of the molecule is CCc1nc(CSc2nc3ccccc3c(=O)n2-c2ccc(OC)c(OC)c2)cs1. The van der Waals surface area contributed by atoms with Gasteiger partial charge in [0, 0.05) is 17.2 Å². The van der Waals surface area contributed by atoms with E-state index in [4.69, 9.17) is 14.5 Å². The molecule has 154 valence electrons. The van der Waals surface area contributed by atoms with E-state index in [1.165, 1.54) is 11.8 Å². The zero-order valence-electron chi connectivity index (χ0n) is 16.9. The summed E-state index contributed by atoms with van der Waals surface area (Å²) in [5, 5.41) is 4.34. The van der Waals surface area contributed by atoms with E-state index in [0.29, 0.717) is 39.0 Å². The highest BCUT2D eigenvalue weighted by Gasteiger charge is 2.16. The largest absolute Gasteiger partial charge is 0.493 e. The fourth-order valence-electron chi connectivity index (χ4n) is 3.12. The number of aromatic nitrogens is 3. The molecular weight excluding hydrogens is 418 g/mol. The maximum Gasteiger partial charge on any atom is 0.266 e. The highest BCUT2D eigenvalue weighted by Crippen LogP contribution is 2.31. The molecule has 0 N–H and O–H groups in total. The van der Waals surface area contributed by atoms with Crippen LogP contribution in [0.25, 0.3) is 16.6 Å².